The third kappa shape index (κ3) is 6.32. The molecule has 0 saturated carbocycles. The molecule has 0 unspecified atom stereocenters. The molecule has 1 radical (unpaired) electrons. The molecule has 0 aliphatic rings. The van der Waals surface area contributed by atoms with Crippen LogP contribution in [0.2, 0.25) is 0 Å². The minimum absolute atomic E-state index is 0. The van der Waals surface area contributed by atoms with Crippen LogP contribution < -0.4 is 5.32 Å². The van der Waals surface area contributed by atoms with E-state index in [1.165, 1.54) is 0 Å². The number of amides is 1. The Morgan fingerprint density at radius 2 is 1.78 bits per heavy atom. The summed E-state index contributed by atoms with van der Waals surface area (Å²) in [5.41, 5.74) is 3.33. The van der Waals surface area contributed by atoms with Crippen LogP contribution in [-0.4, -0.2) is 51.5 Å². The Balaban J connectivity index is 0.00000261. The van der Waals surface area contributed by atoms with Crippen molar-refractivity contribution in [2.45, 2.75) is 12.8 Å². The number of carbonyl (C=O) groups is 2. The first-order chi connectivity index (χ1) is 12.6. The molecule has 0 spiro atoms. The molecule has 3 aromatic rings. The molecule has 5 nitrogen and oxygen atoms in total. The Morgan fingerprint density at radius 3 is 2.59 bits per heavy atom. The van der Waals surface area contributed by atoms with Crippen molar-refractivity contribution in [3.05, 3.63) is 71.9 Å². The number of aromatic nitrogens is 1. The second-order valence-corrected chi connectivity index (χ2v) is 5.83. The van der Waals surface area contributed by atoms with E-state index in [4.69, 9.17) is 5.11 Å². The van der Waals surface area contributed by atoms with Crippen molar-refractivity contribution >= 4 is 70.2 Å². The van der Waals surface area contributed by atoms with Gasteiger partial charge in [-0.1, -0.05) is 42.5 Å². The third-order valence-corrected chi connectivity index (χ3v) is 3.80. The van der Waals surface area contributed by atoms with E-state index < -0.39 is 5.97 Å². The number of carboxylic acid groups (broad SMARTS) is 1. The van der Waals surface area contributed by atoms with Gasteiger partial charge in [0.05, 0.1) is 17.6 Å². The number of hydrogen-bond acceptors (Lipinski definition) is 3. The summed E-state index contributed by atoms with van der Waals surface area (Å²) in [6, 6.07) is 19.3. The Bertz CT molecular complexity index is 986. The topological polar surface area (TPSA) is 79.3 Å². The van der Waals surface area contributed by atoms with E-state index in [9.17, 15) is 9.59 Å². The summed E-state index contributed by atoms with van der Waals surface area (Å²) in [5.74, 6) is -1.30. The number of nitrogens with zero attached hydrogens (tertiary/aromatic N) is 1. The summed E-state index contributed by atoms with van der Waals surface area (Å²) in [4.78, 5) is 26.8. The van der Waals surface area contributed by atoms with Crippen LogP contribution in [0.25, 0.3) is 23.1 Å². The normalized spacial score (nSPS) is 10.5. The molecule has 0 fully saturated rings. The average Bonchev–Trinajstić information content (AvgIpc) is 2.65. The van der Waals surface area contributed by atoms with E-state index in [0.717, 1.165) is 22.2 Å². The van der Waals surface area contributed by atoms with Crippen molar-refractivity contribution in [1.29, 1.82) is 0 Å². The molecule has 0 bridgehead atoms. The van der Waals surface area contributed by atoms with Crippen molar-refractivity contribution in [2.75, 3.05) is 5.32 Å². The van der Waals surface area contributed by atoms with Crippen LogP contribution in [0, 0.1) is 0 Å². The number of rotatable bonds is 6. The monoisotopic (exact) mass is 369 g/mol. The summed E-state index contributed by atoms with van der Waals surface area (Å²) < 4.78 is 0. The maximum atomic E-state index is 11.7. The molecular formula is C21H18N2NaO3. The van der Waals surface area contributed by atoms with Gasteiger partial charge in [-0.25, -0.2) is 4.98 Å². The standard InChI is InChI=1S/C21H18N2O3.Na/c24-20(12-13-21(25)26)23-18-6-3-4-15(14-18)8-10-17-11-9-16-5-1-2-7-19(16)22-17;/h1-11,14H,12-13H2,(H,23,24)(H,25,26);. The van der Waals surface area contributed by atoms with Crippen molar-refractivity contribution in [3.8, 4) is 0 Å². The van der Waals surface area contributed by atoms with Crippen LogP contribution in [0.1, 0.15) is 24.1 Å². The molecular weight excluding hydrogens is 351 g/mol. The van der Waals surface area contributed by atoms with Gasteiger partial charge in [-0.3, -0.25) is 9.59 Å². The van der Waals surface area contributed by atoms with E-state index in [-0.39, 0.29) is 48.3 Å². The Labute approximate surface area is 179 Å². The number of carboxylic acids is 1. The predicted molar refractivity (Wildman–Crippen MR) is 108 cm³/mol. The van der Waals surface area contributed by atoms with E-state index in [1.807, 2.05) is 66.7 Å². The van der Waals surface area contributed by atoms with Gasteiger partial charge in [0.15, 0.2) is 0 Å². The average molecular weight is 369 g/mol. The van der Waals surface area contributed by atoms with Crippen molar-refractivity contribution in [3.63, 3.8) is 0 Å². The van der Waals surface area contributed by atoms with E-state index in [2.05, 4.69) is 10.3 Å². The molecule has 6 heteroatoms. The van der Waals surface area contributed by atoms with Crippen molar-refractivity contribution in [1.82, 2.24) is 4.98 Å². The molecule has 0 aliphatic heterocycles. The number of nitrogens with one attached hydrogen (secondary N) is 1. The van der Waals surface area contributed by atoms with Gasteiger partial charge in [-0.2, -0.15) is 0 Å². The quantitative estimate of drug-likeness (QED) is 0.647. The van der Waals surface area contributed by atoms with Crippen LogP contribution in [0.15, 0.2) is 60.7 Å². The Morgan fingerprint density at radius 1 is 0.963 bits per heavy atom. The number of fused-ring (bicyclic) bond motifs is 1. The van der Waals surface area contributed by atoms with Gasteiger partial charge in [0.1, 0.15) is 0 Å². The van der Waals surface area contributed by atoms with Crippen LogP contribution in [0.5, 0.6) is 0 Å². The fraction of sp³-hybridized carbons (Fsp3) is 0.0952. The van der Waals surface area contributed by atoms with Crippen molar-refractivity contribution in [2.24, 2.45) is 0 Å². The van der Waals surface area contributed by atoms with Crippen molar-refractivity contribution < 1.29 is 14.7 Å². The van der Waals surface area contributed by atoms with Gasteiger partial charge >= 0.3 is 5.97 Å². The summed E-state index contributed by atoms with van der Waals surface area (Å²) in [6.45, 7) is 0. The maximum Gasteiger partial charge on any atom is 0.303 e. The smallest absolute Gasteiger partial charge is 0.303 e. The Hall–Kier alpha value is -2.47. The zero-order valence-corrected chi connectivity index (χ0v) is 17.1. The fourth-order valence-corrected chi connectivity index (χ4v) is 2.52. The van der Waals surface area contributed by atoms with Gasteiger partial charge in [0, 0.05) is 47.1 Å². The maximum absolute atomic E-state index is 11.7. The predicted octanol–water partition coefficient (Wildman–Crippen LogP) is 3.83. The third-order valence-electron chi connectivity index (χ3n) is 3.80. The molecule has 1 amide bonds. The molecule has 0 saturated heterocycles. The first kappa shape index (κ1) is 20.8. The summed E-state index contributed by atoms with van der Waals surface area (Å²) >= 11 is 0. The van der Waals surface area contributed by atoms with Gasteiger partial charge in [-0.15, -0.1) is 0 Å². The molecule has 0 atom stereocenters. The number of aliphatic carboxylic acids is 1. The molecule has 27 heavy (non-hydrogen) atoms. The largest absolute Gasteiger partial charge is 0.481 e. The molecule has 2 N–H and O–H groups in total. The number of carbonyl (C=O) groups excluding carboxylic acids is 1. The van der Waals surface area contributed by atoms with Gasteiger partial charge in [-0.05, 0) is 35.9 Å². The first-order valence-corrected chi connectivity index (χ1v) is 8.26. The fourth-order valence-electron chi connectivity index (χ4n) is 2.52. The number of pyridine rings is 1. The number of para-hydroxylation sites is 1. The minimum Gasteiger partial charge on any atom is -0.481 e. The molecule has 1 aromatic heterocycles. The summed E-state index contributed by atoms with van der Waals surface area (Å²) in [5, 5.41) is 12.4. The zero-order chi connectivity index (χ0) is 18.4. The Kier molecular flexibility index (Phi) is 7.73. The SMILES string of the molecule is O=C(O)CCC(=O)Nc1cccc(C=Cc2ccc3ccccc3n2)c1.[Na]. The molecule has 2 aromatic carbocycles. The molecule has 131 valence electrons. The first-order valence-electron chi connectivity index (χ1n) is 8.26. The zero-order valence-electron chi connectivity index (χ0n) is 15.1. The van der Waals surface area contributed by atoms with Gasteiger partial charge < -0.3 is 10.4 Å². The minimum atomic E-state index is -0.986. The van der Waals surface area contributed by atoms with Crippen LogP contribution in [0.3, 0.4) is 0 Å². The number of hydrogen-bond donors (Lipinski definition) is 2. The number of benzene rings is 2. The van der Waals surface area contributed by atoms with Crippen LogP contribution in [0.4, 0.5) is 5.69 Å². The molecule has 0 aliphatic carbocycles. The van der Waals surface area contributed by atoms with Gasteiger partial charge in [0.25, 0.3) is 0 Å². The van der Waals surface area contributed by atoms with Crippen LogP contribution >= 0.6 is 0 Å². The van der Waals surface area contributed by atoms with E-state index in [0.29, 0.717) is 5.69 Å². The van der Waals surface area contributed by atoms with E-state index >= 15 is 0 Å². The van der Waals surface area contributed by atoms with Crippen LogP contribution in [-0.2, 0) is 9.59 Å². The molecule has 3 rings (SSSR count). The van der Waals surface area contributed by atoms with E-state index in [1.54, 1.807) is 6.07 Å². The summed E-state index contributed by atoms with van der Waals surface area (Å²) in [7, 11) is 0. The summed E-state index contributed by atoms with van der Waals surface area (Å²) in [6.07, 6.45) is 3.61. The number of anilines is 1. The second-order valence-electron chi connectivity index (χ2n) is 5.83. The molecule has 1 heterocycles. The van der Waals surface area contributed by atoms with Gasteiger partial charge in [0.2, 0.25) is 5.91 Å². The second kappa shape index (κ2) is 10.0.